The molecule has 4 aromatic rings. The zero-order valence-corrected chi connectivity index (χ0v) is 18.9. The molecule has 1 saturated heterocycles. The van der Waals surface area contributed by atoms with Gasteiger partial charge in [-0.1, -0.05) is 35.5 Å². The molecule has 172 valence electrons. The number of nitrogens with zero attached hydrogens (tertiary/aromatic N) is 4. The third-order valence-electron chi connectivity index (χ3n) is 6.62. The Morgan fingerprint density at radius 2 is 1.76 bits per heavy atom. The topological polar surface area (TPSA) is 69.5 Å². The zero-order valence-electron chi connectivity index (χ0n) is 18.9. The van der Waals surface area contributed by atoms with Crippen LogP contribution in [0.15, 0.2) is 66.7 Å². The Balaban J connectivity index is 1.19. The number of likely N-dealkylation sites (tertiary alicyclic amines) is 1. The molecule has 2 aliphatic rings. The van der Waals surface area contributed by atoms with Crippen molar-refractivity contribution in [2.45, 2.75) is 31.8 Å². The lowest BCUT2D eigenvalue weighted by Gasteiger charge is -2.26. The number of fused-ring (bicyclic) bond motifs is 2. The van der Waals surface area contributed by atoms with Crippen LogP contribution in [0.1, 0.15) is 46.8 Å². The second-order valence-corrected chi connectivity index (χ2v) is 8.85. The number of aromatic nitrogens is 3. The highest BCUT2D eigenvalue weighted by Gasteiger charge is 2.31. The van der Waals surface area contributed by atoms with Gasteiger partial charge in [-0.05, 0) is 60.4 Å². The lowest BCUT2D eigenvalue weighted by atomic mass is 10.0. The lowest BCUT2D eigenvalue weighted by molar-refractivity contribution is 0.0735. The van der Waals surface area contributed by atoms with Gasteiger partial charge in [-0.3, -0.25) is 4.79 Å². The molecular formula is C27H26N4O3. The number of benzene rings is 3. The van der Waals surface area contributed by atoms with Crippen LogP contribution in [0.2, 0.25) is 0 Å². The quantitative estimate of drug-likeness (QED) is 0.450. The van der Waals surface area contributed by atoms with Crippen molar-refractivity contribution in [3.05, 3.63) is 83.4 Å². The number of rotatable bonds is 4. The number of hydrogen-bond donors (Lipinski definition) is 0. The number of hydrogen-bond acceptors (Lipinski definition) is 5. The molecule has 0 spiro atoms. The summed E-state index contributed by atoms with van der Waals surface area (Å²) in [5, 5.41) is 8.48. The van der Waals surface area contributed by atoms with Crippen LogP contribution in [0.5, 0.6) is 11.5 Å². The molecule has 6 rings (SSSR count). The van der Waals surface area contributed by atoms with Crippen LogP contribution < -0.4 is 9.47 Å². The van der Waals surface area contributed by atoms with Crippen molar-refractivity contribution in [2.75, 3.05) is 19.8 Å². The molecule has 7 nitrogen and oxygen atoms in total. The zero-order chi connectivity index (χ0) is 22.9. The fraction of sp³-hybridized carbons (Fsp3) is 0.296. The minimum absolute atomic E-state index is 0.0471. The summed E-state index contributed by atoms with van der Waals surface area (Å²) in [5.74, 6) is 1.62. The van der Waals surface area contributed by atoms with Crippen molar-refractivity contribution in [1.29, 1.82) is 0 Å². The summed E-state index contributed by atoms with van der Waals surface area (Å²) in [6.45, 7) is 2.69. The molecule has 3 heterocycles. The molecule has 0 N–H and O–H groups in total. The minimum atomic E-state index is 0.0471. The molecule has 0 radical (unpaired) electrons. The van der Waals surface area contributed by atoms with Crippen molar-refractivity contribution >= 4 is 16.9 Å². The predicted octanol–water partition coefficient (Wildman–Crippen LogP) is 4.62. The third kappa shape index (κ3) is 3.87. The molecule has 1 unspecified atom stereocenters. The van der Waals surface area contributed by atoms with Gasteiger partial charge in [0.1, 0.15) is 5.52 Å². The molecule has 0 aliphatic carbocycles. The maximum absolute atomic E-state index is 13.4. The molecule has 1 aromatic heterocycles. The lowest BCUT2D eigenvalue weighted by Crippen LogP contribution is -2.30. The fourth-order valence-electron chi connectivity index (χ4n) is 4.87. The molecule has 34 heavy (non-hydrogen) atoms. The van der Waals surface area contributed by atoms with E-state index in [1.165, 1.54) is 0 Å². The Kier molecular flexibility index (Phi) is 5.37. The average molecular weight is 455 g/mol. The second kappa shape index (κ2) is 8.82. The van der Waals surface area contributed by atoms with Crippen molar-refractivity contribution in [2.24, 2.45) is 0 Å². The number of amides is 1. The van der Waals surface area contributed by atoms with Crippen LogP contribution in [0.25, 0.3) is 11.0 Å². The van der Waals surface area contributed by atoms with E-state index in [0.29, 0.717) is 25.3 Å². The SMILES string of the molecule is O=C(c1ccc(Cn2nnc3ccccc32)cc1)N1CCCC1c1ccc2c(c1)OCCCO2. The Bertz CT molecular complexity index is 1330. The van der Waals surface area contributed by atoms with Crippen LogP contribution in [-0.2, 0) is 6.54 Å². The number of carbonyl (C=O) groups is 1. The van der Waals surface area contributed by atoms with Crippen molar-refractivity contribution in [3.8, 4) is 11.5 Å². The Labute approximate surface area is 197 Å². The minimum Gasteiger partial charge on any atom is -0.490 e. The van der Waals surface area contributed by atoms with Crippen molar-refractivity contribution in [3.63, 3.8) is 0 Å². The molecular weight excluding hydrogens is 428 g/mol. The van der Waals surface area contributed by atoms with Gasteiger partial charge in [0.15, 0.2) is 11.5 Å². The van der Waals surface area contributed by atoms with Gasteiger partial charge in [-0.25, -0.2) is 4.68 Å². The molecule has 0 bridgehead atoms. The summed E-state index contributed by atoms with van der Waals surface area (Å²) < 4.78 is 13.5. The number of carbonyl (C=O) groups excluding carboxylic acids is 1. The highest BCUT2D eigenvalue weighted by Crippen LogP contribution is 2.38. The van der Waals surface area contributed by atoms with Crippen LogP contribution in [0, 0.1) is 0 Å². The van der Waals surface area contributed by atoms with Gasteiger partial charge in [-0.2, -0.15) is 0 Å². The van der Waals surface area contributed by atoms with Crippen molar-refractivity contribution < 1.29 is 14.3 Å². The monoisotopic (exact) mass is 454 g/mol. The van der Waals surface area contributed by atoms with Crippen LogP contribution in [0.3, 0.4) is 0 Å². The summed E-state index contributed by atoms with van der Waals surface area (Å²) in [5.41, 5.74) is 4.76. The summed E-state index contributed by atoms with van der Waals surface area (Å²) in [6.07, 6.45) is 2.81. The summed E-state index contributed by atoms with van der Waals surface area (Å²) in [6, 6.07) is 21.9. The largest absolute Gasteiger partial charge is 0.490 e. The maximum Gasteiger partial charge on any atom is 0.254 e. The molecule has 7 heteroatoms. The van der Waals surface area contributed by atoms with E-state index >= 15 is 0 Å². The van der Waals surface area contributed by atoms with Crippen LogP contribution in [0.4, 0.5) is 0 Å². The Hall–Kier alpha value is -3.87. The van der Waals surface area contributed by atoms with Gasteiger partial charge in [0, 0.05) is 18.5 Å². The first-order chi connectivity index (χ1) is 16.8. The van der Waals surface area contributed by atoms with Gasteiger partial charge >= 0.3 is 0 Å². The van der Waals surface area contributed by atoms with E-state index in [9.17, 15) is 4.79 Å². The molecule has 2 aliphatic heterocycles. The van der Waals surface area contributed by atoms with Gasteiger partial charge in [0.05, 0.1) is 31.3 Å². The van der Waals surface area contributed by atoms with Gasteiger partial charge in [-0.15, -0.1) is 5.10 Å². The Morgan fingerprint density at radius 1 is 0.941 bits per heavy atom. The van der Waals surface area contributed by atoms with E-state index in [4.69, 9.17) is 9.47 Å². The van der Waals surface area contributed by atoms with Gasteiger partial charge in [0.2, 0.25) is 0 Å². The summed E-state index contributed by atoms with van der Waals surface area (Å²) in [4.78, 5) is 15.4. The average Bonchev–Trinajstić information content (AvgIpc) is 3.45. The highest BCUT2D eigenvalue weighted by molar-refractivity contribution is 5.94. The van der Waals surface area contributed by atoms with Crippen LogP contribution >= 0.6 is 0 Å². The first-order valence-electron chi connectivity index (χ1n) is 11.8. The summed E-state index contributed by atoms with van der Waals surface area (Å²) in [7, 11) is 0. The van der Waals surface area contributed by atoms with E-state index in [1.54, 1.807) is 0 Å². The maximum atomic E-state index is 13.4. The molecule has 1 fully saturated rings. The van der Waals surface area contributed by atoms with E-state index in [-0.39, 0.29) is 11.9 Å². The van der Waals surface area contributed by atoms with Gasteiger partial charge < -0.3 is 14.4 Å². The molecule has 3 aromatic carbocycles. The number of para-hydroxylation sites is 1. The smallest absolute Gasteiger partial charge is 0.254 e. The molecule has 1 atom stereocenters. The highest BCUT2D eigenvalue weighted by atomic mass is 16.5. The van der Waals surface area contributed by atoms with Gasteiger partial charge in [0.25, 0.3) is 5.91 Å². The first kappa shape index (κ1) is 20.7. The van der Waals surface area contributed by atoms with E-state index in [1.807, 2.05) is 70.2 Å². The third-order valence-corrected chi connectivity index (χ3v) is 6.62. The molecule has 1 amide bonds. The van der Waals surface area contributed by atoms with E-state index in [0.717, 1.165) is 59.5 Å². The normalized spacial score (nSPS) is 17.6. The summed E-state index contributed by atoms with van der Waals surface area (Å²) >= 11 is 0. The molecule has 0 saturated carbocycles. The Morgan fingerprint density at radius 3 is 2.65 bits per heavy atom. The van der Waals surface area contributed by atoms with E-state index in [2.05, 4.69) is 16.4 Å². The predicted molar refractivity (Wildman–Crippen MR) is 128 cm³/mol. The second-order valence-electron chi connectivity index (χ2n) is 8.85. The standard InChI is InChI=1S/C27H26N4O3/c32-27(20-10-8-19(9-11-20)18-31-24-6-2-1-5-22(24)28-29-31)30-14-3-7-23(30)21-12-13-25-26(17-21)34-16-4-15-33-25/h1-2,5-6,8-13,17,23H,3-4,7,14-16,18H2. The van der Waals surface area contributed by atoms with Crippen molar-refractivity contribution in [1.82, 2.24) is 19.9 Å². The number of ether oxygens (including phenoxy) is 2. The van der Waals surface area contributed by atoms with E-state index < -0.39 is 0 Å². The van der Waals surface area contributed by atoms with Crippen LogP contribution in [-0.4, -0.2) is 45.6 Å². The first-order valence-corrected chi connectivity index (χ1v) is 11.8. The fourth-order valence-corrected chi connectivity index (χ4v) is 4.87.